The van der Waals surface area contributed by atoms with Gasteiger partial charge in [0.05, 0.1) is 0 Å². The summed E-state index contributed by atoms with van der Waals surface area (Å²) in [6.45, 7) is 5.06. The van der Waals surface area contributed by atoms with Gasteiger partial charge in [-0.15, -0.1) is 0 Å². The largest absolute Gasteiger partial charge is 0.508 e. The molecule has 0 radical (unpaired) electrons. The van der Waals surface area contributed by atoms with Gasteiger partial charge in [0.15, 0.2) is 11.5 Å². The molecule has 1 aliphatic heterocycles. The molecule has 188 valence electrons. The van der Waals surface area contributed by atoms with Crippen molar-refractivity contribution in [2.24, 2.45) is 5.92 Å². The maximum absolute atomic E-state index is 10.2. The summed E-state index contributed by atoms with van der Waals surface area (Å²) >= 11 is 0. The highest BCUT2D eigenvalue weighted by Gasteiger charge is 2.31. The topological polar surface area (TPSA) is 80.2 Å². The molecule has 1 fully saturated rings. The van der Waals surface area contributed by atoms with E-state index in [0.717, 1.165) is 46.6 Å². The molecule has 5 rings (SSSR count). The molecule has 3 N–H and O–H groups in total. The van der Waals surface area contributed by atoms with Crippen molar-refractivity contribution in [3.05, 3.63) is 83.4 Å². The summed E-state index contributed by atoms with van der Waals surface area (Å²) in [7, 11) is 0. The van der Waals surface area contributed by atoms with Crippen LogP contribution >= 0.6 is 0 Å². The normalized spacial score (nSPS) is 16.1. The molecule has 1 unspecified atom stereocenters. The smallest absolute Gasteiger partial charge is 0.231 e. The highest BCUT2D eigenvalue weighted by atomic mass is 16.7. The Morgan fingerprint density at radius 1 is 0.917 bits per heavy atom. The summed E-state index contributed by atoms with van der Waals surface area (Å²) in [6, 6.07) is 21.9. The number of aromatic hydroxyl groups is 1. The summed E-state index contributed by atoms with van der Waals surface area (Å²) in [4.78, 5) is 0. The summed E-state index contributed by atoms with van der Waals surface area (Å²) in [5.41, 5.74) is 5.61. The van der Waals surface area contributed by atoms with Gasteiger partial charge in [0.25, 0.3) is 0 Å². The van der Waals surface area contributed by atoms with Crippen LogP contribution in [0.3, 0.4) is 0 Å². The standard InChI is InChI=1S/C30H33NO5/c1-19(2)31-16-25(33)17-34-26-12-7-22(8-13-26)29(21-5-10-24(32)11-6-21)30(20-3-4-20)23-9-14-27-28(15-23)36-18-35-27/h5-15,19-20,25,31-33H,3-4,16-18H2,1-2H3. The molecule has 0 amide bonds. The van der Waals surface area contributed by atoms with Crippen molar-refractivity contribution in [2.75, 3.05) is 19.9 Å². The number of phenols is 1. The Balaban J connectivity index is 1.48. The van der Waals surface area contributed by atoms with Gasteiger partial charge in [0.2, 0.25) is 6.79 Å². The highest BCUT2D eigenvalue weighted by molar-refractivity contribution is 6.00. The predicted molar refractivity (Wildman–Crippen MR) is 140 cm³/mol. The molecule has 1 heterocycles. The third kappa shape index (κ3) is 5.66. The number of ether oxygens (including phenoxy) is 3. The van der Waals surface area contributed by atoms with E-state index in [1.807, 2.05) is 44.2 Å². The van der Waals surface area contributed by atoms with Gasteiger partial charge in [0, 0.05) is 12.6 Å². The number of phenolic OH excluding ortho intramolecular Hbond substituents is 1. The van der Waals surface area contributed by atoms with E-state index in [9.17, 15) is 10.2 Å². The van der Waals surface area contributed by atoms with Crippen molar-refractivity contribution >= 4 is 11.1 Å². The molecule has 0 spiro atoms. The Bertz CT molecular complexity index is 1210. The molecule has 3 aromatic rings. The Morgan fingerprint density at radius 3 is 2.22 bits per heavy atom. The third-order valence-corrected chi connectivity index (χ3v) is 6.44. The Morgan fingerprint density at radius 2 is 1.56 bits per heavy atom. The van der Waals surface area contributed by atoms with Crippen molar-refractivity contribution in [3.8, 4) is 23.0 Å². The van der Waals surface area contributed by atoms with E-state index in [0.29, 0.717) is 24.3 Å². The summed E-state index contributed by atoms with van der Waals surface area (Å²) in [5.74, 6) is 2.94. The van der Waals surface area contributed by atoms with Crippen molar-refractivity contribution < 1.29 is 24.4 Å². The lowest BCUT2D eigenvalue weighted by Crippen LogP contribution is -2.35. The second kappa shape index (κ2) is 10.6. The fraction of sp³-hybridized carbons (Fsp3) is 0.333. The molecular weight excluding hydrogens is 454 g/mol. The number of allylic oxidation sites excluding steroid dienone is 1. The van der Waals surface area contributed by atoms with Gasteiger partial charge in [-0.2, -0.15) is 0 Å². The minimum absolute atomic E-state index is 0.226. The van der Waals surface area contributed by atoms with Crippen LogP contribution in [0.5, 0.6) is 23.0 Å². The predicted octanol–water partition coefficient (Wildman–Crippen LogP) is 5.23. The van der Waals surface area contributed by atoms with Gasteiger partial charge in [-0.1, -0.05) is 44.2 Å². The average Bonchev–Trinajstić information content (AvgIpc) is 3.61. The Labute approximate surface area is 212 Å². The average molecular weight is 488 g/mol. The van der Waals surface area contributed by atoms with Crippen LogP contribution in [-0.4, -0.2) is 42.3 Å². The fourth-order valence-electron chi connectivity index (χ4n) is 4.47. The molecule has 0 saturated heterocycles. The van der Waals surface area contributed by atoms with Crippen molar-refractivity contribution in [1.29, 1.82) is 0 Å². The monoisotopic (exact) mass is 487 g/mol. The van der Waals surface area contributed by atoms with E-state index in [1.54, 1.807) is 12.1 Å². The number of aliphatic hydroxyl groups is 1. The van der Waals surface area contributed by atoms with Crippen LogP contribution in [0.4, 0.5) is 0 Å². The van der Waals surface area contributed by atoms with Gasteiger partial charge in [0.1, 0.15) is 24.2 Å². The Hall–Kier alpha value is -3.48. The van der Waals surface area contributed by atoms with Crippen LogP contribution in [-0.2, 0) is 0 Å². The lowest BCUT2D eigenvalue weighted by atomic mass is 9.87. The third-order valence-electron chi connectivity index (χ3n) is 6.44. The Kier molecular flexibility index (Phi) is 7.16. The highest BCUT2D eigenvalue weighted by Crippen LogP contribution is 2.49. The number of benzene rings is 3. The molecule has 3 aromatic carbocycles. The summed E-state index contributed by atoms with van der Waals surface area (Å²) < 4.78 is 17.0. The minimum Gasteiger partial charge on any atom is -0.508 e. The van der Waals surface area contributed by atoms with E-state index < -0.39 is 6.10 Å². The molecule has 1 saturated carbocycles. The molecule has 1 aliphatic carbocycles. The van der Waals surface area contributed by atoms with Gasteiger partial charge >= 0.3 is 0 Å². The van der Waals surface area contributed by atoms with Gasteiger partial charge in [-0.3, -0.25) is 0 Å². The number of nitrogens with one attached hydrogen (secondary N) is 1. The van der Waals surface area contributed by atoms with E-state index >= 15 is 0 Å². The van der Waals surface area contributed by atoms with Crippen LogP contribution in [0.2, 0.25) is 0 Å². The van der Waals surface area contributed by atoms with Gasteiger partial charge < -0.3 is 29.7 Å². The van der Waals surface area contributed by atoms with Crippen LogP contribution in [0.15, 0.2) is 66.7 Å². The number of rotatable bonds is 10. The molecule has 2 aliphatic rings. The van der Waals surface area contributed by atoms with Crippen molar-refractivity contribution in [1.82, 2.24) is 5.32 Å². The molecule has 0 aromatic heterocycles. The SMILES string of the molecule is CC(C)NCC(O)COc1ccc(C(=C(c2ccc3c(c2)OCO3)C2CC2)c2ccc(O)cc2)cc1. The van der Waals surface area contributed by atoms with E-state index in [2.05, 4.69) is 29.6 Å². The number of aliphatic hydroxyl groups excluding tert-OH is 1. The van der Waals surface area contributed by atoms with Crippen molar-refractivity contribution in [3.63, 3.8) is 0 Å². The van der Waals surface area contributed by atoms with E-state index in [4.69, 9.17) is 14.2 Å². The summed E-state index contributed by atoms with van der Waals surface area (Å²) in [6.07, 6.45) is 1.69. The molecule has 6 heteroatoms. The van der Waals surface area contributed by atoms with E-state index in [-0.39, 0.29) is 19.1 Å². The van der Waals surface area contributed by atoms with Gasteiger partial charge in [-0.05, 0) is 83.0 Å². The first-order valence-electron chi connectivity index (χ1n) is 12.6. The molecule has 36 heavy (non-hydrogen) atoms. The molecule has 1 atom stereocenters. The second-order valence-electron chi connectivity index (χ2n) is 9.73. The van der Waals surface area contributed by atoms with E-state index in [1.165, 1.54) is 5.57 Å². The first-order valence-corrected chi connectivity index (χ1v) is 12.6. The number of hydrogen-bond acceptors (Lipinski definition) is 6. The lowest BCUT2D eigenvalue weighted by Gasteiger charge is -2.18. The number of hydrogen-bond donors (Lipinski definition) is 3. The van der Waals surface area contributed by atoms with Crippen LogP contribution in [0.25, 0.3) is 11.1 Å². The maximum atomic E-state index is 10.2. The second-order valence-corrected chi connectivity index (χ2v) is 9.73. The number of fused-ring (bicyclic) bond motifs is 1. The van der Waals surface area contributed by atoms with Crippen LogP contribution in [0, 0.1) is 5.92 Å². The molecular formula is C30H33NO5. The van der Waals surface area contributed by atoms with Gasteiger partial charge in [-0.25, -0.2) is 0 Å². The lowest BCUT2D eigenvalue weighted by molar-refractivity contribution is 0.104. The minimum atomic E-state index is -0.577. The van der Waals surface area contributed by atoms with Crippen molar-refractivity contribution in [2.45, 2.75) is 38.8 Å². The quantitative estimate of drug-likeness (QED) is 0.340. The maximum Gasteiger partial charge on any atom is 0.231 e. The fourth-order valence-corrected chi connectivity index (χ4v) is 4.47. The molecule has 0 bridgehead atoms. The first kappa shape index (κ1) is 24.2. The zero-order valence-corrected chi connectivity index (χ0v) is 20.7. The molecule has 6 nitrogen and oxygen atoms in total. The first-order chi connectivity index (χ1) is 17.5. The zero-order valence-electron chi connectivity index (χ0n) is 20.7. The van der Waals surface area contributed by atoms with Crippen LogP contribution in [0.1, 0.15) is 43.4 Å². The van der Waals surface area contributed by atoms with Crippen LogP contribution < -0.4 is 19.5 Å². The summed E-state index contributed by atoms with van der Waals surface area (Å²) in [5, 5.41) is 23.3. The zero-order chi connectivity index (χ0) is 25.1.